The van der Waals surface area contributed by atoms with Crippen molar-refractivity contribution in [2.75, 3.05) is 0 Å². The van der Waals surface area contributed by atoms with Gasteiger partial charge in [0, 0.05) is 5.56 Å². The van der Waals surface area contributed by atoms with Gasteiger partial charge in [-0.15, -0.1) is 0 Å². The summed E-state index contributed by atoms with van der Waals surface area (Å²) in [6.45, 7) is 1.51. The molecule has 0 aliphatic rings. The van der Waals surface area contributed by atoms with Crippen LogP contribution < -0.4 is 5.32 Å². The predicted molar refractivity (Wildman–Crippen MR) is 101 cm³/mol. The van der Waals surface area contributed by atoms with Crippen LogP contribution >= 0.6 is 12.2 Å². The van der Waals surface area contributed by atoms with Gasteiger partial charge in [0.1, 0.15) is 6.54 Å². The van der Waals surface area contributed by atoms with Crippen molar-refractivity contribution in [2.45, 2.75) is 25.7 Å². The third-order valence-electron chi connectivity index (χ3n) is 4.10. The van der Waals surface area contributed by atoms with Crippen LogP contribution in [0.2, 0.25) is 0 Å². The SMILES string of the molecule is Cc1cccc(-c2n[nH]c(=S)n2CC(=O)NC(c2ccccc2)C(F)(F)F)c1. The average Bonchev–Trinajstić information content (AvgIpc) is 3.00. The highest BCUT2D eigenvalue weighted by Crippen LogP contribution is 2.32. The van der Waals surface area contributed by atoms with Crippen molar-refractivity contribution in [2.24, 2.45) is 0 Å². The Morgan fingerprint density at radius 1 is 1.21 bits per heavy atom. The molecular formula is C19H17F3N4OS. The standard InChI is InChI=1S/C19H17F3N4OS/c1-12-6-5-9-14(10-12)17-24-25-18(28)26(17)11-15(27)23-16(19(20,21)22)13-7-3-2-4-8-13/h2-10,16H,11H2,1H3,(H,23,27)(H,25,28). The van der Waals surface area contributed by atoms with Crippen molar-refractivity contribution in [1.82, 2.24) is 20.1 Å². The third-order valence-corrected chi connectivity index (χ3v) is 4.41. The Labute approximate surface area is 164 Å². The molecule has 146 valence electrons. The first-order chi connectivity index (χ1) is 13.3. The molecule has 0 saturated heterocycles. The number of carbonyl (C=O) groups excluding carboxylic acids is 1. The number of aromatic amines is 1. The number of amides is 1. The Morgan fingerprint density at radius 3 is 2.57 bits per heavy atom. The summed E-state index contributed by atoms with van der Waals surface area (Å²) in [7, 11) is 0. The zero-order chi connectivity index (χ0) is 20.3. The number of nitrogens with one attached hydrogen (secondary N) is 2. The number of hydrogen-bond donors (Lipinski definition) is 2. The molecule has 0 aliphatic carbocycles. The van der Waals surface area contributed by atoms with Crippen molar-refractivity contribution in [3.63, 3.8) is 0 Å². The molecule has 3 aromatic rings. The molecule has 0 spiro atoms. The highest BCUT2D eigenvalue weighted by molar-refractivity contribution is 7.71. The lowest BCUT2D eigenvalue weighted by molar-refractivity contribution is -0.163. The summed E-state index contributed by atoms with van der Waals surface area (Å²) in [5.41, 5.74) is 1.64. The summed E-state index contributed by atoms with van der Waals surface area (Å²) in [4.78, 5) is 12.4. The van der Waals surface area contributed by atoms with E-state index in [9.17, 15) is 18.0 Å². The van der Waals surface area contributed by atoms with Gasteiger partial charge >= 0.3 is 6.18 Å². The summed E-state index contributed by atoms with van der Waals surface area (Å²) in [5.74, 6) is -0.440. The smallest absolute Gasteiger partial charge is 0.339 e. The number of hydrogen-bond acceptors (Lipinski definition) is 3. The zero-order valence-corrected chi connectivity index (χ0v) is 15.6. The highest BCUT2D eigenvalue weighted by Gasteiger charge is 2.41. The van der Waals surface area contributed by atoms with Crippen molar-refractivity contribution in [3.8, 4) is 11.4 Å². The average molecular weight is 406 g/mol. The van der Waals surface area contributed by atoms with Crippen molar-refractivity contribution >= 4 is 18.1 Å². The normalized spacial score (nSPS) is 12.6. The zero-order valence-electron chi connectivity index (χ0n) is 14.8. The van der Waals surface area contributed by atoms with Crippen LogP contribution in [-0.2, 0) is 11.3 Å². The molecule has 9 heteroatoms. The van der Waals surface area contributed by atoms with E-state index in [1.54, 1.807) is 12.1 Å². The maximum Gasteiger partial charge on any atom is 0.412 e. The monoisotopic (exact) mass is 406 g/mol. The fourth-order valence-electron chi connectivity index (χ4n) is 2.82. The summed E-state index contributed by atoms with van der Waals surface area (Å²) in [5, 5.41) is 8.76. The largest absolute Gasteiger partial charge is 0.412 e. The van der Waals surface area contributed by atoms with E-state index in [0.717, 1.165) is 5.56 Å². The Hall–Kier alpha value is -2.94. The molecule has 5 nitrogen and oxygen atoms in total. The van der Waals surface area contributed by atoms with E-state index in [2.05, 4.69) is 15.5 Å². The number of alkyl halides is 3. The van der Waals surface area contributed by atoms with Gasteiger partial charge in [-0.1, -0.05) is 54.1 Å². The Kier molecular flexibility index (Phi) is 5.64. The minimum Gasteiger partial charge on any atom is -0.339 e. The highest BCUT2D eigenvalue weighted by atomic mass is 32.1. The van der Waals surface area contributed by atoms with Gasteiger partial charge in [-0.05, 0) is 30.8 Å². The second-order valence-corrected chi connectivity index (χ2v) is 6.65. The number of carbonyl (C=O) groups is 1. The molecular weight excluding hydrogens is 389 g/mol. The van der Waals surface area contributed by atoms with Crippen LogP contribution in [0.4, 0.5) is 13.2 Å². The van der Waals surface area contributed by atoms with E-state index < -0.39 is 24.7 Å². The summed E-state index contributed by atoms with van der Waals surface area (Å²) < 4.78 is 41.9. The predicted octanol–water partition coefficient (Wildman–Crippen LogP) is 4.34. The van der Waals surface area contributed by atoms with Crippen molar-refractivity contribution in [3.05, 3.63) is 70.5 Å². The van der Waals surface area contributed by atoms with Gasteiger partial charge in [-0.2, -0.15) is 18.3 Å². The maximum absolute atomic E-state index is 13.5. The van der Waals surface area contributed by atoms with Crippen LogP contribution in [-0.4, -0.2) is 26.8 Å². The lowest BCUT2D eigenvalue weighted by Gasteiger charge is -2.22. The lowest BCUT2D eigenvalue weighted by Crippen LogP contribution is -2.39. The number of nitrogens with zero attached hydrogens (tertiary/aromatic N) is 2. The molecule has 0 saturated carbocycles. The van der Waals surface area contributed by atoms with Gasteiger partial charge in [0.25, 0.3) is 0 Å². The Morgan fingerprint density at radius 2 is 1.93 bits per heavy atom. The van der Waals surface area contributed by atoms with E-state index in [-0.39, 0.29) is 10.3 Å². The number of H-pyrrole nitrogens is 1. The van der Waals surface area contributed by atoms with Crippen LogP contribution in [0.5, 0.6) is 0 Å². The van der Waals surface area contributed by atoms with Crippen LogP contribution in [0.3, 0.4) is 0 Å². The second kappa shape index (κ2) is 7.97. The fourth-order valence-corrected chi connectivity index (χ4v) is 3.02. The molecule has 0 fully saturated rings. The maximum atomic E-state index is 13.5. The van der Waals surface area contributed by atoms with Crippen LogP contribution in [0.25, 0.3) is 11.4 Å². The first kappa shape index (κ1) is 19.8. The summed E-state index contributed by atoms with van der Waals surface area (Å²) in [6, 6.07) is 12.5. The summed E-state index contributed by atoms with van der Waals surface area (Å²) >= 11 is 5.15. The molecule has 1 amide bonds. The number of benzene rings is 2. The minimum atomic E-state index is -4.63. The first-order valence-electron chi connectivity index (χ1n) is 8.39. The van der Waals surface area contributed by atoms with Gasteiger partial charge in [-0.3, -0.25) is 14.5 Å². The number of aromatic nitrogens is 3. The second-order valence-electron chi connectivity index (χ2n) is 6.26. The fraction of sp³-hybridized carbons (Fsp3) is 0.211. The van der Waals surface area contributed by atoms with Gasteiger partial charge in [-0.25, -0.2) is 0 Å². The van der Waals surface area contributed by atoms with Crippen molar-refractivity contribution < 1.29 is 18.0 Å². The molecule has 28 heavy (non-hydrogen) atoms. The lowest BCUT2D eigenvalue weighted by atomic mass is 10.1. The van der Waals surface area contributed by atoms with Crippen LogP contribution in [0, 0.1) is 11.7 Å². The molecule has 1 aromatic heterocycles. The quantitative estimate of drug-likeness (QED) is 0.620. The van der Waals surface area contributed by atoms with E-state index in [0.29, 0.717) is 11.4 Å². The minimum absolute atomic E-state index is 0.0435. The molecule has 0 bridgehead atoms. The van der Waals surface area contributed by atoms with Crippen LogP contribution in [0.15, 0.2) is 54.6 Å². The van der Waals surface area contributed by atoms with E-state index >= 15 is 0 Å². The van der Waals surface area contributed by atoms with Crippen LogP contribution in [0.1, 0.15) is 17.2 Å². The van der Waals surface area contributed by atoms with Gasteiger partial charge in [0.05, 0.1) is 0 Å². The molecule has 1 unspecified atom stereocenters. The summed E-state index contributed by atoms with van der Waals surface area (Å²) in [6.07, 6.45) is -4.63. The molecule has 1 atom stereocenters. The van der Waals surface area contributed by atoms with Gasteiger partial charge in [0.15, 0.2) is 16.6 Å². The molecule has 0 radical (unpaired) electrons. The van der Waals surface area contributed by atoms with E-state index in [1.807, 2.05) is 25.1 Å². The molecule has 1 heterocycles. The Balaban J connectivity index is 1.85. The number of rotatable bonds is 5. The number of aryl methyl sites for hydroxylation is 1. The molecule has 2 aromatic carbocycles. The molecule has 3 rings (SSSR count). The first-order valence-corrected chi connectivity index (χ1v) is 8.80. The number of halogens is 3. The van der Waals surface area contributed by atoms with E-state index in [4.69, 9.17) is 12.2 Å². The Bertz CT molecular complexity index is 1030. The third kappa shape index (κ3) is 4.48. The topological polar surface area (TPSA) is 62.7 Å². The molecule has 0 aliphatic heterocycles. The van der Waals surface area contributed by atoms with E-state index in [1.165, 1.54) is 28.8 Å². The van der Waals surface area contributed by atoms with Gasteiger partial charge < -0.3 is 5.32 Å². The van der Waals surface area contributed by atoms with Gasteiger partial charge in [0.2, 0.25) is 5.91 Å². The molecule has 2 N–H and O–H groups in total. The van der Waals surface area contributed by atoms with Crippen molar-refractivity contribution in [1.29, 1.82) is 0 Å².